The van der Waals surface area contributed by atoms with E-state index in [1.165, 1.54) is 17.1 Å². The zero-order valence-electron chi connectivity index (χ0n) is 6.03. The van der Waals surface area contributed by atoms with Gasteiger partial charge in [-0.15, -0.1) is 0 Å². The fraction of sp³-hybridized carbons (Fsp3) is 0.143. The van der Waals surface area contributed by atoms with Gasteiger partial charge in [0.05, 0.1) is 0 Å². The van der Waals surface area contributed by atoms with Gasteiger partial charge < -0.3 is 0 Å². The third-order valence-corrected chi connectivity index (χ3v) is 3.41. The Kier molecular flexibility index (Phi) is 2.53. The first-order valence-electron chi connectivity index (χ1n) is 3.34. The molecule has 2 nitrogen and oxygen atoms in total. The van der Waals surface area contributed by atoms with Crippen molar-refractivity contribution >= 4 is 38.8 Å². The Morgan fingerprint density at radius 3 is 3.00 bits per heavy atom. The van der Waals surface area contributed by atoms with Gasteiger partial charge in [0.1, 0.15) is 5.01 Å². The van der Waals surface area contributed by atoms with Crippen LogP contribution in [0.3, 0.4) is 0 Å². The van der Waals surface area contributed by atoms with Crippen LogP contribution in [0.15, 0.2) is 21.6 Å². The molecule has 2 aromatic heterocycles. The van der Waals surface area contributed by atoms with E-state index >= 15 is 0 Å². The second-order valence-electron chi connectivity index (χ2n) is 2.27. The van der Waals surface area contributed by atoms with Gasteiger partial charge in [0.2, 0.25) is 4.73 Å². The monoisotopic (exact) mass is 260 g/mol. The zero-order chi connectivity index (χ0) is 8.39. The summed E-state index contributed by atoms with van der Waals surface area (Å²) in [6, 6.07) is 2.11. The summed E-state index contributed by atoms with van der Waals surface area (Å²) in [5, 5.41) is 5.26. The first kappa shape index (κ1) is 8.34. The number of nitrogens with zero attached hydrogens (tertiary/aromatic N) is 2. The Morgan fingerprint density at radius 1 is 1.50 bits per heavy atom. The van der Waals surface area contributed by atoms with E-state index < -0.39 is 0 Å². The molecule has 0 aliphatic heterocycles. The average molecular weight is 261 g/mol. The predicted molar refractivity (Wildman–Crippen MR) is 54.7 cm³/mol. The Bertz CT molecular complexity index is 355. The molecule has 0 N–H and O–H groups in total. The summed E-state index contributed by atoms with van der Waals surface area (Å²) in [6.07, 6.45) is 0.896. The third kappa shape index (κ3) is 1.91. The highest BCUT2D eigenvalue weighted by Gasteiger charge is 2.02. The summed E-state index contributed by atoms with van der Waals surface area (Å²) in [5.41, 5.74) is 1.31. The summed E-state index contributed by atoms with van der Waals surface area (Å²) in [5.74, 6) is 0. The molecule has 0 aromatic carbocycles. The third-order valence-electron chi connectivity index (χ3n) is 1.38. The number of thiophene rings is 1. The molecule has 0 spiro atoms. The molecule has 0 amide bonds. The van der Waals surface area contributed by atoms with E-state index in [0.717, 1.165) is 11.4 Å². The van der Waals surface area contributed by atoms with E-state index in [1.54, 1.807) is 11.3 Å². The second kappa shape index (κ2) is 3.64. The summed E-state index contributed by atoms with van der Waals surface area (Å²) in [6.45, 7) is 0. The maximum atomic E-state index is 4.21. The summed E-state index contributed by atoms with van der Waals surface area (Å²) in [7, 11) is 0. The minimum Gasteiger partial charge on any atom is -0.214 e. The summed E-state index contributed by atoms with van der Waals surface area (Å²) in [4.78, 5) is 4.21. The molecule has 0 aliphatic rings. The standard InChI is InChI=1S/C7H5BrN2S2/c8-7-9-6(12-10-7)3-5-1-2-11-4-5/h1-2,4H,3H2. The van der Waals surface area contributed by atoms with Crippen molar-refractivity contribution in [3.8, 4) is 0 Å². The molecule has 62 valence electrons. The van der Waals surface area contributed by atoms with Crippen LogP contribution in [0.2, 0.25) is 0 Å². The molecule has 2 aromatic rings. The minimum absolute atomic E-state index is 0.692. The quantitative estimate of drug-likeness (QED) is 0.830. The van der Waals surface area contributed by atoms with Crippen molar-refractivity contribution < 1.29 is 0 Å². The Balaban J connectivity index is 2.14. The van der Waals surface area contributed by atoms with Crippen LogP contribution in [-0.4, -0.2) is 9.36 Å². The van der Waals surface area contributed by atoms with E-state index in [4.69, 9.17) is 0 Å². The fourth-order valence-electron chi connectivity index (χ4n) is 0.874. The lowest BCUT2D eigenvalue weighted by atomic mass is 10.2. The highest BCUT2D eigenvalue weighted by Crippen LogP contribution is 2.16. The lowest BCUT2D eigenvalue weighted by Crippen LogP contribution is -1.82. The molecule has 0 unspecified atom stereocenters. The highest BCUT2D eigenvalue weighted by atomic mass is 79.9. The van der Waals surface area contributed by atoms with Gasteiger partial charge >= 0.3 is 0 Å². The molecular weight excluding hydrogens is 256 g/mol. The SMILES string of the molecule is Brc1nsc(Cc2ccsc2)n1. The molecule has 0 radical (unpaired) electrons. The Morgan fingerprint density at radius 2 is 2.42 bits per heavy atom. The normalized spacial score (nSPS) is 10.4. The highest BCUT2D eigenvalue weighted by molar-refractivity contribution is 9.10. The maximum Gasteiger partial charge on any atom is 0.209 e. The molecule has 0 aliphatic carbocycles. The van der Waals surface area contributed by atoms with E-state index in [-0.39, 0.29) is 0 Å². The lowest BCUT2D eigenvalue weighted by Gasteiger charge is -1.88. The van der Waals surface area contributed by atoms with Crippen LogP contribution >= 0.6 is 38.8 Å². The number of aromatic nitrogens is 2. The maximum absolute atomic E-state index is 4.21. The zero-order valence-corrected chi connectivity index (χ0v) is 9.25. The Labute approximate surface area is 86.6 Å². The van der Waals surface area contributed by atoms with E-state index in [9.17, 15) is 0 Å². The number of halogens is 1. The van der Waals surface area contributed by atoms with Crippen molar-refractivity contribution in [2.75, 3.05) is 0 Å². The van der Waals surface area contributed by atoms with Gasteiger partial charge in [-0.25, -0.2) is 4.98 Å². The van der Waals surface area contributed by atoms with Crippen LogP contribution in [0.1, 0.15) is 10.6 Å². The molecule has 2 heterocycles. The topological polar surface area (TPSA) is 25.8 Å². The molecule has 0 bridgehead atoms. The van der Waals surface area contributed by atoms with Gasteiger partial charge in [0.25, 0.3) is 0 Å². The van der Waals surface area contributed by atoms with Crippen LogP contribution in [0, 0.1) is 0 Å². The minimum atomic E-state index is 0.692. The van der Waals surface area contributed by atoms with Crippen LogP contribution in [-0.2, 0) is 6.42 Å². The van der Waals surface area contributed by atoms with Crippen molar-refractivity contribution in [3.05, 3.63) is 32.1 Å². The fourth-order valence-corrected chi connectivity index (χ4v) is 2.67. The van der Waals surface area contributed by atoms with Gasteiger partial charge in [-0.1, -0.05) is 0 Å². The molecule has 0 atom stereocenters. The molecule has 0 saturated heterocycles. The van der Waals surface area contributed by atoms with Crippen molar-refractivity contribution in [1.29, 1.82) is 0 Å². The van der Waals surface area contributed by atoms with Crippen molar-refractivity contribution in [2.45, 2.75) is 6.42 Å². The average Bonchev–Trinajstić information content (AvgIpc) is 2.63. The van der Waals surface area contributed by atoms with E-state index in [2.05, 4.69) is 42.1 Å². The van der Waals surface area contributed by atoms with Gasteiger partial charge in [0.15, 0.2) is 0 Å². The van der Waals surface area contributed by atoms with Crippen LogP contribution in [0.4, 0.5) is 0 Å². The van der Waals surface area contributed by atoms with Crippen LogP contribution in [0.25, 0.3) is 0 Å². The van der Waals surface area contributed by atoms with Crippen molar-refractivity contribution in [1.82, 2.24) is 9.36 Å². The second-order valence-corrected chi connectivity index (χ2v) is 4.59. The molecule has 12 heavy (non-hydrogen) atoms. The molecule has 0 saturated carbocycles. The van der Waals surface area contributed by atoms with Crippen molar-refractivity contribution in [2.24, 2.45) is 0 Å². The summed E-state index contributed by atoms with van der Waals surface area (Å²) >= 11 is 6.38. The number of hydrogen-bond acceptors (Lipinski definition) is 4. The smallest absolute Gasteiger partial charge is 0.209 e. The van der Waals surface area contributed by atoms with Crippen LogP contribution < -0.4 is 0 Å². The number of rotatable bonds is 2. The largest absolute Gasteiger partial charge is 0.214 e. The molecular formula is C7H5BrN2S2. The number of hydrogen-bond donors (Lipinski definition) is 0. The van der Waals surface area contributed by atoms with E-state index in [0.29, 0.717) is 4.73 Å². The molecule has 5 heteroatoms. The van der Waals surface area contributed by atoms with Gasteiger partial charge in [-0.05, 0) is 49.9 Å². The lowest BCUT2D eigenvalue weighted by molar-refractivity contribution is 1.11. The van der Waals surface area contributed by atoms with Crippen molar-refractivity contribution in [3.63, 3.8) is 0 Å². The first-order chi connectivity index (χ1) is 5.84. The Hall–Kier alpha value is -0.260. The van der Waals surface area contributed by atoms with E-state index in [1.807, 2.05) is 0 Å². The van der Waals surface area contributed by atoms with Gasteiger partial charge in [-0.2, -0.15) is 15.7 Å². The first-order valence-corrected chi connectivity index (χ1v) is 5.84. The van der Waals surface area contributed by atoms with Crippen LogP contribution in [0.5, 0.6) is 0 Å². The predicted octanol–water partition coefficient (Wildman–Crippen LogP) is 2.95. The van der Waals surface area contributed by atoms with Gasteiger partial charge in [-0.3, -0.25) is 0 Å². The molecule has 0 fully saturated rings. The summed E-state index contributed by atoms with van der Waals surface area (Å²) < 4.78 is 4.74. The van der Waals surface area contributed by atoms with Gasteiger partial charge in [0, 0.05) is 6.42 Å². The molecule has 2 rings (SSSR count).